The van der Waals surface area contributed by atoms with Crippen LogP contribution in [-0.4, -0.2) is 26.1 Å². The third kappa shape index (κ3) is 1.73. The fourth-order valence-corrected chi connectivity index (χ4v) is 2.19. The van der Waals surface area contributed by atoms with Gasteiger partial charge < -0.3 is 5.11 Å². The molecule has 1 aliphatic rings. The second-order valence-electron chi connectivity index (χ2n) is 3.93. The molecule has 0 unspecified atom stereocenters. The SMILES string of the molecule is CCc1nnn(C2CCCC2)c1C(=O)O. The van der Waals surface area contributed by atoms with Gasteiger partial charge in [0.1, 0.15) is 0 Å². The molecule has 1 aromatic heterocycles. The Morgan fingerprint density at radius 3 is 2.73 bits per heavy atom. The second-order valence-corrected chi connectivity index (χ2v) is 3.93. The van der Waals surface area contributed by atoms with E-state index in [1.807, 2.05) is 6.92 Å². The predicted molar refractivity (Wildman–Crippen MR) is 53.9 cm³/mol. The smallest absolute Gasteiger partial charge is 0.356 e. The van der Waals surface area contributed by atoms with E-state index in [0.29, 0.717) is 12.1 Å². The van der Waals surface area contributed by atoms with Crippen LogP contribution in [0.3, 0.4) is 0 Å². The van der Waals surface area contributed by atoms with Crippen molar-refractivity contribution in [2.45, 2.75) is 45.1 Å². The number of carbonyl (C=O) groups is 1. The second kappa shape index (κ2) is 4.00. The summed E-state index contributed by atoms with van der Waals surface area (Å²) in [5.74, 6) is -0.913. The first kappa shape index (κ1) is 10.1. The highest BCUT2D eigenvalue weighted by molar-refractivity contribution is 5.86. The lowest BCUT2D eigenvalue weighted by atomic mass is 10.2. The lowest BCUT2D eigenvalue weighted by Gasteiger charge is -2.10. The fourth-order valence-electron chi connectivity index (χ4n) is 2.19. The highest BCUT2D eigenvalue weighted by Gasteiger charge is 2.26. The molecular weight excluding hydrogens is 194 g/mol. The van der Waals surface area contributed by atoms with E-state index in [-0.39, 0.29) is 11.7 Å². The number of nitrogens with zero attached hydrogens (tertiary/aromatic N) is 3. The summed E-state index contributed by atoms with van der Waals surface area (Å²) in [6.45, 7) is 1.90. The first-order chi connectivity index (χ1) is 7.24. The van der Waals surface area contributed by atoms with Gasteiger partial charge in [-0.3, -0.25) is 0 Å². The molecule has 1 heterocycles. The van der Waals surface area contributed by atoms with Gasteiger partial charge in [0.2, 0.25) is 0 Å². The van der Waals surface area contributed by atoms with Gasteiger partial charge in [0, 0.05) is 0 Å². The molecule has 82 valence electrons. The molecule has 5 nitrogen and oxygen atoms in total. The summed E-state index contributed by atoms with van der Waals surface area (Å²) in [5.41, 5.74) is 0.874. The van der Waals surface area contributed by atoms with Gasteiger partial charge in [-0.1, -0.05) is 25.0 Å². The molecule has 0 bridgehead atoms. The van der Waals surface area contributed by atoms with Crippen molar-refractivity contribution in [1.82, 2.24) is 15.0 Å². The van der Waals surface area contributed by atoms with Gasteiger partial charge in [-0.25, -0.2) is 9.48 Å². The number of hydrogen-bond donors (Lipinski definition) is 1. The summed E-state index contributed by atoms with van der Waals surface area (Å²) in [6.07, 6.45) is 4.98. The largest absolute Gasteiger partial charge is 0.476 e. The summed E-state index contributed by atoms with van der Waals surface area (Å²) in [5, 5.41) is 17.0. The van der Waals surface area contributed by atoms with Crippen molar-refractivity contribution in [1.29, 1.82) is 0 Å². The Hall–Kier alpha value is -1.39. The van der Waals surface area contributed by atoms with Crippen molar-refractivity contribution in [2.24, 2.45) is 0 Å². The van der Waals surface area contributed by atoms with Crippen LogP contribution in [-0.2, 0) is 6.42 Å². The van der Waals surface area contributed by atoms with Gasteiger partial charge in [-0.2, -0.15) is 0 Å². The number of carboxylic acids is 1. The highest BCUT2D eigenvalue weighted by atomic mass is 16.4. The minimum atomic E-state index is -0.913. The first-order valence-corrected chi connectivity index (χ1v) is 5.41. The molecule has 1 saturated carbocycles. The van der Waals surface area contributed by atoms with E-state index in [1.165, 1.54) is 0 Å². The van der Waals surface area contributed by atoms with Crippen molar-refractivity contribution in [3.8, 4) is 0 Å². The zero-order valence-electron chi connectivity index (χ0n) is 8.81. The molecular formula is C10H15N3O2. The minimum absolute atomic E-state index is 0.240. The lowest BCUT2D eigenvalue weighted by Crippen LogP contribution is -2.15. The molecule has 1 fully saturated rings. The van der Waals surface area contributed by atoms with E-state index in [9.17, 15) is 4.79 Å². The van der Waals surface area contributed by atoms with Crippen LogP contribution >= 0.6 is 0 Å². The van der Waals surface area contributed by atoms with Crippen LogP contribution in [0.2, 0.25) is 0 Å². The standard InChI is InChI=1S/C10H15N3O2/c1-2-8-9(10(14)15)13(12-11-8)7-5-3-4-6-7/h7H,2-6H2,1H3,(H,14,15). The van der Waals surface area contributed by atoms with Gasteiger partial charge in [0.25, 0.3) is 0 Å². The fraction of sp³-hybridized carbons (Fsp3) is 0.700. The van der Waals surface area contributed by atoms with Crippen LogP contribution in [0.1, 0.15) is 54.8 Å². The first-order valence-electron chi connectivity index (χ1n) is 5.41. The summed E-state index contributed by atoms with van der Waals surface area (Å²) in [4.78, 5) is 11.1. The maximum absolute atomic E-state index is 11.1. The molecule has 0 spiro atoms. The van der Waals surface area contributed by atoms with Gasteiger partial charge in [-0.05, 0) is 19.3 Å². The van der Waals surface area contributed by atoms with E-state index < -0.39 is 5.97 Å². The Morgan fingerprint density at radius 1 is 1.53 bits per heavy atom. The van der Waals surface area contributed by atoms with Gasteiger partial charge in [0.05, 0.1) is 11.7 Å². The molecule has 15 heavy (non-hydrogen) atoms. The molecule has 5 heteroatoms. The number of hydrogen-bond acceptors (Lipinski definition) is 3. The van der Waals surface area contributed by atoms with E-state index in [0.717, 1.165) is 25.7 Å². The van der Waals surface area contributed by atoms with Gasteiger partial charge in [0.15, 0.2) is 5.69 Å². The molecule has 1 aromatic rings. The van der Waals surface area contributed by atoms with Gasteiger partial charge >= 0.3 is 5.97 Å². The summed E-state index contributed by atoms with van der Waals surface area (Å²) < 4.78 is 1.61. The van der Waals surface area contributed by atoms with Crippen LogP contribution in [0.5, 0.6) is 0 Å². The predicted octanol–water partition coefficient (Wildman–Crippen LogP) is 1.65. The maximum Gasteiger partial charge on any atom is 0.356 e. The summed E-state index contributed by atoms with van der Waals surface area (Å²) >= 11 is 0. The molecule has 1 N–H and O–H groups in total. The Kier molecular flexibility index (Phi) is 2.70. The third-order valence-electron chi connectivity index (χ3n) is 2.97. The van der Waals surface area contributed by atoms with Crippen molar-refractivity contribution >= 4 is 5.97 Å². The number of rotatable bonds is 3. The van der Waals surface area contributed by atoms with Crippen molar-refractivity contribution < 1.29 is 9.90 Å². The third-order valence-corrected chi connectivity index (χ3v) is 2.97. The Morgan fingerprint density at radius 2 is 2.20 bits per heavy atom. The van der Waals surface area contributed by atoms with Crippen molar-refractivity contribution in [2.75, 3.05) is 0 Å². The van der Waals surface area contributed by atoms with E-state index in [2.05, 4.69) is 10.3 Å². The molecule has 0 aromatic carbocycles. The van der Waals surface area contributed by atoms with E-state index in [4.69, 9.17) is 5.11 Å². The lowest BCUT2D eigenvalue weighted by molar-refractivity contribution is 0.0679. The normalized spacial score (nSPS) is 17.1. The molecule has 0 saturated heterocycles. The van der Waals surface area contributed by atoms with Crippen LogP contribution in [0.25, 0.3) is 0 Å². The highest BCUT2D eigenvalue weighted by Crippen LogP contribution is 2.30. The quantitative estimate of drug-likeness (QED) is 0.821. The van der Waals surface area contributed by atoms with E-state index in [1.54, 1.807) is 4.68 Å². The zero-order chi connectivity index (χ0) is 10.8. The Balaban J connectivity index is 2.37. The molecule has 0 radical (unpaired) electrons. The van der Waals surface area contributed by atoms with Crippen molar-refractivity contribution in [3.63, 3.8) is 0 Å². The molecule has 0 aliphatic heterocycles. The minimum Gasteiger partial charge on any atom is -0.476 e. The number of carboxylic acid groups (broad SMARTS) is 1. The van der Waals surface area contributed by atoms with Crippen LogP contribution in [0, 0.1) is 0 Å². The van der Waals surface area contributed by atoms with Crippen LogP contribution in [0.4, 0.5) is 0 Å². The monoisotopic (exact) mass is 209 g/mol. The number of aryl methyl sites for hydroxylation is 1. The van der Waals surface area contributed by atoms with E-state index >= 15 is 0 Å². The van der Waals surface area contributed by atoms with Crippen LogP contribution < -0.4 is 0 Å². The molecule has 0 amide bonds. The molecule has 1 aliphatic carbocycles. The molecule has 0 atom stereocenters. The average Bonchev–Trinajstić information content (AvgIpc) is 2.85. The van der Waals surface area contributed by atoms with Gasteiger partial charge in [-0.15, -0.1) is 5.10 Å². The topological polar surface area (TPSA) is 68.0 Å². The number of aromatic carboxylic acids is 1. The molecule has 2 rings (SSSR count). The Labute approximate surface area is 88.1 Å². The maximum atomic E-state index is 11.1. The van der Waals surface area contributed by atoms with Crippen molar-refractivity contribution in [3.05, 3.63) is 11.4 Å². The average molecular weight is 209 g/mol. The zero-order valence-corrected chi connectivity index (χ0v) is 8.81. The number of aromatic nitrogens is 3. The summed E-state index contributed by atoms with van der Waals surface area (Å²) in [6, 6.07) is 0.240. The summed E-state index contributed by atoms with van der Waals surface area (Å²) in [7, 11) is 0. The van der Waals surface area contributed by atoms with Crippen LogP contribution in [0.15, 0.2) is 0 Å². The Bertz CT molecular complexity index is 367.